The molecule has 0 atom stereocenters. The molecule has 3 aromatic carbocycles. The SMILES string of the molecule is O=C(Nc1ccc(Br)cc1)c1ccc(F)c(S(=O)(=O)N2CCCc3ccccc32)c1. The first kappa shape index (κ1) is 20.6. The van der Waals surface area contributed by atoms with Crippen molar-refractivity contribution >= 4 is 43.2 Å². The standard InChI is InChI=1S/C22H18BrFN2O3S/c23-17-8-10-18(11-9-17)25-22(27)16-7-12-19(24)21(14-16)30(28,29)26-13-3-5-15-4-1-2-6-20(15)26/h1-2,4,6-12,14H,3,5,13H2,(H,25,27). The van der Waals surface area contributed by atoms with Crippen molar-refractivity contribution in [1.82, 2.24) is 0 Å². The van der Waals surface area contributed by atoms with Crippen molar-refractivity contribution in [2.24, 2.45) is 0 Å². The number of sulfonamides is 1. The lowest BCUT2D eigenvalue weighted by Crippen LogP contribution is -2.36. The molecule has 154 valence electrons. The molecule has 0 fully saturated rings. The molecule has 1 amide bonds. The number of hydrogen-bond acceptors (Lipinski definition) is 3. The summed E-state index contributed by atoms with van der Waals surface area (Å²) < 4.78 is 43.3. The van der Waals surface area contributed by atoms with Gasteiger partial charge in [0, 0.05) is 22.3 Å². The van der Waals surface area contributed by atoms with Crippen LogP contribution in [0, 0.1) is 5.82 Å². The highest BCUT2D eigenvalue weighted by atomic mass is 79.9. The quantitative estimate of drug-likeness (QED) is 0.562. The van der Waals surface area contributed by atoms with E-state index >= 15 is 0 Å². The number of nitrogens with zero attached hydrogens (tertiary/aromatic N) is 1. The summed E-state index contributed by atoms with van der Waals surface area (Å²) in [5, 5.41) is 2.69. The van der Waals surface area contributed by atoms with Crippen molar-refractivity contribution < 1.29 is 17.6 Å². The van der Waals surface area contributed by atoms with Gasteiger partial charge in [0.15, 0.2) is 0 Å². The average Bonchev–Trinajstić information content (AvgIpc) is 2.75. The monoisotopic (exact) mass is 488 g/mol. The van der Waals surface area contributed by atoms with Crippen LogP contribution in [0.1, 0.15) is 22.3 Å². The number of benzene rings is 3. The van der Waals surface area contributed by atoms with Crippen molar-refractivity contribution in [1.29, 1.82) is 0 Å². The topological polar surface area (TPSA) is 66.5 Å². The van der Waals surface area contributed by atoms with Gasteiger partial charge in [-0.05, 0) is 66.9 Å². The van der Waals surface area contributed by atoms with Crippen LogP contribution >= 0.6 is 15.9 Å². The van der Waals surface area contributed by atoms with E-state index in [-0.39, 0.29) is 12.1 Å². The van der Waals surface area contributed by atoms with Gasteiger partial charge >= 0.3 is 0 Å². The van der Waals surface area contributed by atoms with Gasteiger partial charge in [-0.25, -0.2) is 12.8 Å². The Morgan fingerprint density at radius 1 is 1.03 bits per heavy atom. The largest absolute Gasteiger partial charge is 0.322 e. The molecule has 0 saturated carbocycles. The first-order chi connectivity index (χ1) is 14.4. The van der Waals surface area contributed by atoms with E-state index in [1.165, 1.54) is 10.4 Å². The Labute approximate surface area is 182 Å². The predicted molar refractivity (Wildman–Crippen MR) is 118 cm³/mol. The number of hydrogen-bond donors (Lipinski definition) is 1. The van der Waals surface area contributed by atoms with Gasteiger partial charge in [-0.15, -0.1) is 0 Å². The van der Waals surface area contributed by atoms with Gasteiger partial charge in [0.2, 0.25) is 0 Å². The summed E-state index contributed by atoms with van der Waals surface area (Å²) in [6.07, 6.45) is 1.40. The van der Waals surface area contributed by atoms with E-state index in [0.717, 1.165) is 28.6 Å². The number of carbonyl (C=O) groups excluding carboxylic acids is 1. The zero-order valence-corrected chi connectivity index (χ0v) is 18.2. The minimum Gasteiger partial charge on any atom is -0.322 e. The molecular formula is C22H18BrFN2O3S. The molecule has 0 bridgehead atoms. The van der Waals surface area contributed by atoms with Crippen LogP contribution in [-0.2, 0) is 16.4 Å². The summed E-state index contributed by atoms with van der Waals surface area (Å²) in [4.78, 5) is 12.1. The van der Waals surface area contributed by atoms with Crippen LogP contribution in [0.3, 0.4) is 0 Å². The summed E-state index contributed by atoms with van der Waals surface area (Å²) in [6, 6.07) is 17.5. The maximum absolute atomic E-state index is 14.6. The van der Waals surface area contributed by atoms with Gasteiger partial charge < -0.3 is 5.32 Å². The van der Waals surface area contributed by atoms with E-state index in [1.807, 2.05) is 12.1 Å². The van der Waals surface area contributed by atoms with Gasteiger partial charge in [-0.2, -0.15) is 0 Å². The lowest BCUT2D eigenvalue weighted by molar-refractivity contribution is 0.102. The molecule has 3 aromatic rings. The molecule has 8 heteroatoms. The third-order valence-electron chi connectivity index (χ3n) is 4.93. The highest BCUT2D eigenvalue weighted by Gasteiger charge is 2.31. The summed E-state index contributed by atoms with van der Waals surface area (Å²) in [7, 11) is -4.17. The lowest BCUT2D eigenvalue weighted by Gasteiger charge is -2.30. The molecular weight excluding hydrogens is 471 g/mol. The molecule has 0 aromatic heterocycles. The second-order valence-corrected chi connectivity index (χ2v) is 9.66. The Balaban J connectivity index is 1.68. The molecule has 1 N–H and O–H groups in total. The molecule has 0 aliphatic carbocycles. The van der Waals surface area contributed by atoms with Crippen molar-refractivity contribution in [3.63, 3.8) is 0 Å². The van der Waals surface area contributed by atoms with Crippen LogP contribution in [-0.4, -0.2) is 20.9 Å². The van der Waals surface area contributed by atoms with Crippen molar-refractivity contribution in [3.05, 3.63) is 88.1 Å². The number of carbonyl (C=O) groups is 1. The first-order valence-corrected chi connectivity index (χ1v) is 11.6. The summed E-state index contributed by atoms with van der Waals surface area (Å²) in [6.45, 7) is 0.258. The van der Waals surface area contributed by atoms with Crippen molar-refractivity contribution in [2.45, 2.75) is 17.7 Å². The molecule has 1 aliphatic heterocycles. The number of rotatable bonds is 4. The number of nitrogens with one attached hydrogen (secondary N) is 1. The number of anilines is 2. The van der Waals surface area contributed by atoms with Gasteiger partial charge in [0.05, 0.1) is 5.69 Å². The van der Waals surface area contributed by atoms with Crippen LogP contribution in [0.2, 0.25) is 0 Å². The maximum Gasteiger partial charge on any atom is 0.267 e. The Morgan fingerprint density at radius 2 is 1.77 bits per heavy atom. The summed E-state index contributed by atoms with van der Waals surface area (Å²) >= 11 is 3.32. The van der Waals surface area contributed by atoms with Gasteiger partial charge in [-0.1, -0.05) is 34.1 Å². The van der Waals surface area contributed by atoms with E-state index in [4.69, 9.17) is 0 Å². The Kier molecular flexibility index (Phi) is 5.62. The van der Waals surface area contributed by atoms with Crippen LogP contribution < -0.4 is 9.62 Å². The zero-order chi connectivity index (χ0) is 21.3. The fourth-order valence-electron chi connectivity index (χ4n) is 3.45. The van der Waals surface area contributed by atoms with Gasteiger partial charge in [0.1, 0.15) is 10.7 Å². The molecule has 0 unspecified atom stereocenters. The maximum atomic E-state index is 14.6. The molecule has 0 radical (unpaired) electrons. The fourth-order valence-corrected chi connectivity index (χ4v) is 5.34. The normalized spacial score (nSPS) is 13.6. The molecule has 0 spiro atoms. The van der Waals surface area contributed by atoms with Crippen molar-refractivity contribution in [3.8, 4) is 0 Å². The van der Waals surface area contributed by atoms with Gasteiger partial charge in [0.25, 0.3) is 15.9 Å². The Bertz CT molecular complexity index is 1210. The van der Waals surface area contributed by atoms with E-state index in [9.17, 15) is 17.6 Å². The molecule has 1 heterocycles. The minimum absolute atomic E-state index is 0.0585. The number of fused-ring (bicyclic) bond motifs is 1. The summed E-state index contributed by atoms with van der Waals surface area (Å²) in [5.74, 6) is -1.41. The van der Waals surface area contributed by atoms with E-state index in [1.54, 1.807) is 36.4 Å². The number of aryl methyl sites for hydroxylation is 1. The van der Waals surface area contributed by atoms with Crippen LogP contribution in [0.15, 0.2) is 76.1 Å². The highest BCUT2D eigenvalue weighted by molar-refractivity contribution is 9.10. The van der Waals surface area contributed by atoms with Crippen LogP contribution in [0.5, 0.6) is 0 Å². The van der Waals surface area contributed by atoms with Crippen molar-refractivity contribution in [2.75, 3.05) is 16.2 Å². The zero-order valence-electron chi connectivity index (χ0n) is 15.8. The van der Waals surface area contributed by atoms with E-state index < -0.39 is 26.6 Å². The van der Waals surface area contributed by atoms with E-state index in [2.05, 4.69) is 21.2 Å². The van der Waals surface area contributed by atoms with Crippen LogP contribution in [0.25, 0.3) is 0 Å². The Hall–Kier alpha value is -2.71. The first-order valence-electron chi connectivity index (χ1n) is 9.33. The minimum atomic E-state index is -4.17. The predicted octanol–water partition coefficient (Wildman–Crippen LogP) is 4.98. The van der Waals surface area contributed by atoms with Gasteiger partial charge in [-0.3, -0.25) is 9.10 Å². The third kappa shape index (κ3) is 3.97. The molecule has 4 rings (SSSR count). The van der Waals surface area contributed by atoms with Crippen LogP contribution in [0.4, 0.5) is 15.8 Å². The molecule has 0 saturated heterocycles. The third-order valence-corrected chi connectivity index (χ3v) is 7.29. The second-order valence-electron chi connectivity index (χ2n) is 6.92. The lowest BCUT2D eigenvalue weighted by atomic mass is 10.0. The average molecular weight is 489 g/mol. The smallest absolute Gasteiger partial charge is 0.267 e. The summed E-state index contributed by atoms with van der Waals surface area (Å²) in [5.41, 5.74) is 2.05. The highest BCUT2D eigenvalue weighted by Crippen LogP contribution is 2.33. The van der Waals surface area contributed by atoms with E-state index in [0.29, 0.717) is 17.8 Å². The molecule has 1 aliphatic rings. The fraction of sp³-hybridized carbons (Fsp3) is 0.136. The number of halogens is 2. The second kappa shape index (κ2) is 8.20. The number of para-hydroxylation sites is 1. The molecule has 5 nitrogen and oxygen atoms in total. The molecule has 30 heavy (non-hydrogen) atoms. The Morgan fingerprint density at radius 3 is 2.53 bits per heavy atom. The number of amides is 1.